The minimum absolute atomic E-state index is 0.322. The van der Waals surface area contributed by atoms with Gasteiger partial charge in [-0.15, -0.1) is 6.58 Å². The number of anilines is 1. The predicted octanol–water partition coefficient (Wildman–Crippen LogP) is 4.15. The van der Waals surface area contributed by atoms with Crippen LogP contribution >= 0.6 is 15.9 Å². The molecule has 1 unspecified atom stereocenters. The average molecular weight is 355 g/mol. The Balaban J connectivity index is 3.04. The third-order valence-electron chi connectivity index (χ3n) is 3.42. The molecule has 0 heterocycles. The van der Waals surface area contributed by atoms with Crippen LogP contribution in [0.15, 0.2) is 35.3 Å². The minimum atomic E-state index is 0.322. The van der Waals surface area contributed by atoms with Crippen molar-refractivity contribution < 1.29 is 4.74 Å². The molecule has 1 aromatic carbocycles. The Bertz CT molecular complexity index is 437. The largest absolute Gasteiger partial charge is 0.383 e. The summed E-state index contributed by atoms with van der Waals surface area (Å²) in [7, 11) is 1.74. The van der Waals surface area contributed by atoms with Crippen LogP contribution in [0.2, 0.25) is 0 Å². The van der Waals surface area contributed by atoms with Crippen molar-refractivity contribution in [1.29, 1.82) is 0 Å². The van der Waals surface area contributed by atoms with Gasteiger partial charge in [0.15, 0.2) is 0 Å². The molecule has 3 nitrogen and oxygen atoms in total. The molecule has 1 aromatic rings. The van der Waals surface area contributed by atoms with E-state index in [0.29, 0.717) is 12.6 Å². The molecule has 0 spiro atoms. The molecule has 0 bridgehead atoms. The van der Waals surface area contributed by atoms with Crippen LogP contribution in [0.4, 0.5) is 5.69 Å². The fourth-order valence-electron chi connectivity index (χ4n) is 2.30. The smallest absolute Gasteiger partial charge is 0.0637 e. The van der Waals surface area contributed by atoms with Crippen molar-refractivity contribution in [3.8, 4) is 0 Å². The van der Waals surface area contributed by atoms with E-state index in [9.17, 15) is 0 Å². The number of ether oxygens (including phenoxy) is 1. The highest BCUT2D eigenvalue weighted by Crippen LogP contribution is 2.29. The normalized spacial score (nSPS) is 12.2. The Morgan fingerprint density at radius 2 is 2.24 bits per heavy atom. The second-order valence-corrected chi connectivity index (χ2v) is 6.02. The number of nitrogens with one attached hydrogen (secondary N) is 1. The zero-order valence-corrected chi connectivity index (χ0v) is 14.9. The van der Waals surface area contributed by atoms with Gasteiger partial charge in [0.2, 0.25) is 0 Å². The van der Waals surface area contributed by atoms with E-state index in [4.69, 9.17) is 4.74 Å². The first-order valence-electron chi connectivity index (χ1n) is 7.51. The number of rotatable bonds is 10. The molecule has 0 aliphatic carbocycles. The fourth-order valence-corrected chi connectivity index (χ4v) is 2.64. The second-order valence-electron chi connectivity index (χ2n) is 5.11. The lowest BCUT2D eigenvalue weighted by Crippen LogP contribution is -2.30. The summed E-state index contributed by atoms with van der Waals surface area (Å²) >= 11 is 3.58. The molecule has 0 aromatic heterocycles. The van der Waals surface area contributed by atoms with E-state index in [0.717, 1.165) is 30.5 Å². The Labute approximate surface area is 137 Å². The van der Waals surface area contributed by atoms with Crippen LogP contribution in [0, 0.1) is 0 Å². The van der Waals surface area contributed by atoms with Crippen molar-refractivity contribution in [3.63, 3.8) is 0 Å². The summed E-state index contributed by atoms with van der Waals surface area (Å²) in [6, 6.07) is 6.79. The van der Waals surface area contributed by atoms with Crippen LogP contribution in [0.25, 0.3) is 0 Å². The van der Waals surface area contributed by atoms with Crippen molar-refractivity contribution in [3.05, 3.63) is 40.9 Å². The molecule has 0 radical (unpaired) electrons. The molecule has 0 saturated heterocycles. The first-order valence-corrected chi connectivity index (χ1v) is 8.30. The highest BCUT2D eigenvalue weighted by atomic mass is 79.9. The van der Waals surface area contributed by atoms with Crippen LogP contribution in [0.1, 0.15) is 31.9 Å². The molecule has 0 saturated carbocycles. The number of nitrogens with zero attached hydrogens (tertiary/aromatic N) is 1. The van der Waals surface area contributed by atoms with Gasteiger partial charge in [-0.05, 0) is 37.6 Å². The standard InChI is InChI=1S/C17H27BrN2O/c1-5-9-19-14(3)16-8-7-15(18)13-17(16)20(10-6-2)11-12-21-4/h6-8,13-14,19H,2,5,9-12H2,1,3-4H3. The highest BCUT2D eigenvalue weighted by molar-refractivity contribution is 9.10. The van der Waals surface area contributed by atoms with E-state index in [-0.39, 0.29) is 0 Å². The summed E-state index contributed by atoms with van der Waals surface area (Å²) in [5.74, 6) is 0. The lowest BCUT2D eigenvalue weighted by Gasteiger charge is -2.28. The van der Waals surface area contributed by atoms with Crippen LogP contribution in [-0.2, 0) is 4.74 Å². The Morgan fingerprint density at radius 3 is 2.86 bits per heavy atom. The lowest BCUT2D eigenvalue weighted by molar-refractivity contribution is 0.205. The molecule has 0 aliphatic rings. The summed E-state index contributed by atoms with van der Waals surface area (Å²) < 4.78 is 6.33. The Morgan fingerprint density at radius 1 is 1.48 bits per heavy atom. The molecular weight excluding hydrogens is 328 g/mol. The summed E-state index contributed by atoms with van der Waals surface area (Å²) in [6.45, 7) is 11.7. The first kappa shape index (κ1) is 18.2. The van der Waals surface area contributed by atoms with E-state index >= 15 is 0 Å². The number of benzene rings is 1. The van der Waals surface area contributed by atoms with Crippen molar-refractivity contribution in [2.75, 3.05) is 38.3 Å². The summed E-state index contributed by atoms with van der Waals surface area (Å²) in [6.07, 6.45) is 3.07. The van der Waals surface area contributed by atoms with Gasteiger partial charge in [0.1, 0.15) is 0 Å². The molecule has 0 aliphatic heterocycles. The number of methoxy groups -OCH3 is 1. The second kappa shape index (κ2) is 9.98. The van der Waals surface area contributed by atoms with Crippen LogP contribution < -0.4 is 10.2 Å². The maximum Gasteiger partial charge on any atom is 0.0637 e. The summed E-state index contributed by atoms with van der Waals surface area (Å²) in [5.41, 5.74) is 2.54. The minimum Gasteiger partial charge on any atom is -0.383 e. The van der Waals surface area contributed by atoms with E-state index < -0.39 is 0 Å². The van der Waals surface area contributed by atoms with Crippen LogP contribution in [-0.4, -0.2) is 33.4 Å². The van der Waals surface area contributed by atoms with Gasteiger partial charge < -0.3 is 15.0 Å². The van der Waals surface area contributed by atoms with Gasteiger partial charge in [-0.25, -0.2) is 0 Å². The van der Waals surface area contributed by atoms with Crippen LogP contribution in [0.3, 0.4) is 0 Å². The summed E-state index contributed by atoms with van der Waals surface area (Å²) in [5, 5.41) is 3.56. The molecule has 21 heavy (non-hydrogen) atoms. The number of hydrogen-bond donors (Lipinski definition) is 1. The van der Waals surface area contributed by atoms with Gasteiger partial charge in [-0.3, -0.25) is 0 Å². The van der Waals surface area contributed by atoms with Gasteiger partial charge in [0.25, 0.3) is 0 Å². The van der Waals surface area contributed by atoms with Crippen LogP contribution in [0.5, 0.6) is 0 Å². The first-order chi connectivity index (χ1) is 10.1. The molecule has 4 heteroatoms. The highest BCUT2D eigenvalue weighted by Gasteiger charge is 2.15. The maximum atomic E-state index is 5.23. The third kappa shape index (κ3) is 5.81. The molecule has 0 amide bonds. The number of hydrogen-bond acceptors (Lipinski definition) is 3. The third-order valence-corrected chi connectivity index (χ3v) is 3.91. The Hall–Kier alpha value is -0.840. The van der Waals surface area contributed by atoms with E-state index in [1.807, 2.05) is 6.08 Å². The van der Waals surface area contributed by atoms with Gasteiger partial charge >= 0.3 is 0 Å². The maximum absolute atomic E-state index is 5.23. The molecular formula is C17H27BrN2O. The lowest BCUT2D eigenvalue weighted by atomic mass is 10.0. The van der Waals surface area contributed by atoms with E-state index in [1.165, 1.54) is 11.3 Å². The zero-order chi connectivity index (χ0) is 15.7. The monoisotopic (exact) mass is 354 g/mol. The predicted molar refractivity (Wildman–Crippen MR) is 95.1 cm³/mol. The molecule has 1 atom stereocenters. The molecule has 118 valence electrons. The number of halogens is 1. The zero-order valence-electron chi connectivity index (χ0n) is 13.4. The summed E-state index contributed by atoms with van der Waals surface area (Å²) in [4.78, 5) is 2.31. The average Bonchev–Trinajstić information content (AvgIpc) is 2.49. The molecule has 1 N–H and O–H groups in total. The van der Waals surface area contributed by atoms with Gasteiger partial charge in [-0.2, -0.15) is 0 Å². The SMILES string of the molecule is C=CCN(CCOC)c1cc(Br)ccc1C(C)NCCC. The quantitative estimate of drug-likeness (QED) is 0.638. The van der Waals surface area contributed by atoms with Gasteiger partial charge in [-0.1, -0.05) is 35.0 Å². The van der Waals surface area contributed by atoms with Crippen molar-refractivity contribution in [2.24, 2.45) is 0 Å². The topological polar surface area (TPSA) is 24.5 Å². The van der Waals surface area contributed by atoms with E-state index in [1.54, 1.807) is 7.11 Å². The van der Waals surface area contributed by atoms with Crippen molar-refractivity contribution in [1.82, 2.24) is 5.32 Å². The molecule has 1 rings (SSSR count). The molecule has 0 fully saturated rings. The van der Waals surface area contributed by atoms with E-state index in [2.05, 4.69) is 64.8 Å². The fraction of sp³-hybridized carbons (Fsp3) is 0.529. The van der Waals surface area contributed by atoms with Gasteiger partial charge in [0.05, 0.1) is 6.61 Å². The Kier molecular flexibility index (Phi) is 8.66. The van der Waals surface area contributed by atoms with Crippen molar-refractivity contribution >= 4 is 21.6 Å². The van der Waals surface area contributed by atoms with Gasteiger partial charge in [0, 0.05) is 36.4 Å². The van der Waals surface area contributed by atoms with Crippen molar-refractivity contribution in [2.45, 2.75) is 26.3 Å².